The monoisotopic (exact) mass is 241 g/mol. The van der Waals surface area contributed by atoms with Crippen LogP contribution < -0.4 is 4.81 Å². The maximum absolute atomic E-state index is 8.94. The molecule has 1 heterocycles. The van der Waals surface area contributed by atoms with Gasteiger partial charge in [-0.3, -0.25) is 0 Å². The first kappa shape index (κ1) is 11.4. The Morgan fingerprint density at radius 2 is 1.37 bits per heavy atom. The number of fused-ring (bicyclic) bond motifs is 2. The molecule has 0 N–H and O–H groups in total. The van der Waals surface area contributed by atoms with Crippen LogP contribution in [0.1, 0.15) is 22.3 Å². The predicted molar refractivity (Wildman–Crippen MR) is 73.0 cm³/mol. The first-order valence-electron chi connectivity index (χ1n) is 5.84. The summed E-state index contributed by atoms with van der Waals surface area (Å²) in [6, 6.07) is 15.2. The Labute approximate surface area is 112 Å². The number of hydrogen-bond acceptors (Lipinski definition) is 3. The summed E-state index contributed by atoms with van der Waals surface area (Å²) in [5.74, 6) is 0. The van der Waals surface area contributed by atoms with Crippen LogP contribution in [-0.4, -0.2) is 7.98 Å². The van der Waals surface area contributed by atoms with Crippen LogP contribution in [0.25, 0.3) is 0 Å². The lowest BCUT2D eigenvalue weighted by atomic mass is 9.91. The summed E-state index contributed by atoms with van der Waals surface area (Å²) >= 11 is 0. The van der Waals surface area contributed by atoms with Gasteiger partial charge in [-0.1, -0.05) is 0 Å². The third kappa shape index (κ3) is 1.75. The lowest BCUT2D eigenvalue weighted by molar-refractivity contribution is 1.12. The minimum atomic E-state index is 0.618. The highest BCUT2D eigenvalue weighted by Crippen LogP contribution is 2.37. The van der Waals surface area contributed by atoms with Crippen LogP contribution in [0.2, 0.25) is 0 Å². The molecule has 0 spiro atoms. The Balaban J connectivity index is 2.15. The van der Waals surface area contributed by atoms with Gasteiger partial charge in [0.1, 0.15) is 0 Å². The van der Waals surface area contributed by atoms with Gasteiger partial charge in [-0.05, 0) is 47.5 Å². The molecule has 0 atom stereocenters. The Morgan fingerprint density at radius 1 is 0.895 bits per heavy atom. The van der Waals surface area contributed by atoms with E-state index in [4.69, 9.17) is 18.5 Å². The van der Waals surface area contributed by atoms with Crippen molar-refractivity contribution in [3.05, 3.63) is 58.7 Å². The number of nitrogens with zero attached hydrogens (tertiary/aromatic N) is 3. The molecular weight excluding hydrogens is 233 g/mol. The van der Waals surface area contributed by atoms with Crippen LogP contribution in [0.5, 0.6) is 0 Å². The average Bonchev–Trinajstić information content (AvgIpc) is 2.46. The molecule has 0 saturated carbocycles. The first-order chi connectivity index (χ1) is 9.22. The maximum Gasteiger partial charge on any atom is 0.234 e. The van der Waals surface area contributed by atoms with Crippen LogP contribution in [0, 0.1) is 22.7 Å². The van der Waals surface area contributed by atoms with Gasteiger partial charge in [0.15, 0.2) is 0 Å². The molecule has 4 heteroatoms. The molecule has 0 aromatic heterocycles. The fourth-order valence-corrected chi connectivity index (χ4v) is 2.40. The summed E-state index contributed by atoms with van der Waals surface area (Å²) in [6.45, 7) is 0. The molecule has 1 aliphatic rings. The molecule has 0 bridgehead atoms. The molecular formula is C15H8BN3. The highest BCUT2D eigenvalue weighted by atomic mass is 15.1. The standard InChI is InChI=1S/C15H8BN3/c16-19-14-3-1-10(8-17)5-12(14)7-13-6-11(9-18)2-4-15(13)19/h1-6H,7H2. The lowest BCUT2D eigenvalue weighted by Crippen LogP contribution is -2.20. The lowest BCUT2D eigenvalue weighted by Gasteiger charge is -2.31. The second-order valence-electron chi connectivity index (χ2n) is 4.46. The fourth-order valence-electron chi connectivity index (χ4n) is 2.40. The molecule has 3 nitrogen and oxygen atoms in total. The highest BCUT2D eigenvalue weighted by molar-refractivity contribution is 6.23. The Morgan fingerprint density at radius 3 is 1.79 bits per heavy atom. The number of rotatable bonds is 0. The molecule has 0 fully saturated rings. The summed E-state index contributed by atoms with van der Waals surface area (Å²) in [5.41, 5.74) is 5.04. The van der Waals surface area contributed by atoms with Gasteiger partial charge in [0.05, 0.1) is 23.3 Å². The zero-order valence-electron chi connectivity index (χ0n) is 10.1. The summed E-state index contributed by atoms with van der Waals surface area (Å²) < 4.78 is 0. The molecule has 19 heavy (non-hydrogen) atoms. The van der Waals surface area contributed by atoms with E-state index in [0.29, 0.717) is 17.5 Å². The van der Waals surface area contributed by atoms with Crippen LogP contribution in [0.3, 0.4) is 0 Å². The number of hydrogen-bond donors (Lipinski definition) is 0. The highest BCUT2D eigenvalue weighted by Gasteiger charge is 2.19. The number of nitriles is 2. The number of benzene rings is 2. The van der Waals surface area contributed by atoms with Crippen molar-refractivity contribution in [3.63, 3.8) is 0 Å². The van der Waals surface area contributed by atoms with Gasteiger partial charge in [-0.15, -0.1) is 0 Å². The van der Waals surface area contributed by atoms with Gasteiger partial charge < -0.3 is 4.81 Å². The van der Waals surface area contributed by atoms with E-state index in [9.17, 15) is 0 Å². The van der Waals surface area contributed by atoms with Gasteiger partial charge in [0, 0.05) is 17.8 Å². The van der Waals surface area contributed by atoms with E-state index >= 15 is 0 Å². The minimum Gasteiger partial charge on any atom is -0.397 e. The van der Waals surface area contributed by atoms with E-state index < -0.39 is 0 Å². The van der Waals surface area contributed by atoms with Crippen molar-refractivity contribution in [3.8, 4) is 12.1 Å². The van der Waals surface area contributed by atoms with Crippen LogP contribution in [0.15, 0.2) is 36.4 Å². The Hall–Kier alpha value is -2.72. The fraction of sp³-hybridized carbons (Fsp3) is 0.0667. The molecule has 1 aliphatic heterocycles. The summed E-state index contributed by atoms with van der Waals surface area (Å²) in [4.78, 5) is 1.61. The van der Waals surface area contributed by atoms with Crippen LogP contribution >= 0.6 is 0 Å². The topological polar surface area (TPSA) is 50.8 Å². The average molecular weight is 241 g/mol. The SMILES string of the molecule is [B]N1c2ccc(C#N)cc2Cc2cc(C#N)ccc21. The number of anilines is 2. The van der Waals surface area contributed by atoms with Crippen molar-refractivity contribution >= 4 is 19.4 Å². The van der Waals surface area contributed by atoms with Crippen molar-refractivity contribution in [2.75, 3.05) is 4.81 Å². The molecule has 0 amide bonds. The minimum absolute atomic E-state index is 0.618. The first-order valence-corrected chi connectivity index (χ1v) is 5.84. The predicted octanol–water partition coefficient (Wildman–Crippen LogP) is 2.56. The Kier molecular flexibility index (Phi) is 2.51. The van der Waals surface area contributed by atoms with Crippen LogP contribution in [0.4, 0.5) is 11.4 Å². The zero-order chi connectivity index (χ0) is 13.4. The van der Waals surface area contributed by atoms with E-state index in [1.807, 2.05) is 24.3 Å². The van der Waals surface area contributed by atoms with E-state index in [1.54, 1.807) is 16.9 Å². The van der Waals surface area contributed by atoms with Gasteiger partial charge in [-0.2, -0.15) is 10.5 Å². The van der Waals surface area contributed by atoms with E-state index in [1.165, 1.54) is 0 Å². The summed E-state index contributed by atoms with van der Waals surface area (Å²) in [7, 11) is 6.11. The van der Waals surface area contributed by atoms with Crippen molar-refractivity contribution in [1.29, 1.82) is 10.5 Å². The van der Waals surface area contributed by atoms with Crippen molar-refractivity contribution in [2.45, 2.75) is 6.42 Å². The molecule has 0 aliphatic carbocycles. The maximum atomic E-state index is 8.94. The van der Waals surface area contributed by atoms with Crippen molar-refractivity contribution in [1.82, 2.24) is 0 Å². The third-order valence-electron chi connectivity index (χ3n) is 3.32. The largest absolute Gasteiger partial charge is 0.397 e. The Bertz CT molecular complexity index is 689. The van der Waals surface area contributed by atoms with Crippen molar-refractivity contribution < 1.29 is 0 Å². The zero-order valence-corrected chi connectivity index (χ0v) is 10.1. The van der Waals surface area contributed by atoms with Gasteiger partial charge >= 0.3 is 0 Å². The van der Waals surface area contributed by atoms with Gasteiger partial charge in [0.2, 0.25) is 7.98 Å². The molecule has 2 aromatic carbocycles. The molecule has 2 aromatic rings. The third-order valence-corrected chi connectivity index (χ3v) is 3.32. The smallest absolute Gasteiger partial charge is 0.234 e. The summed E-state index contributed by atoms with van der Waals surface area (Å²) in [6.07, 6.45) is 0.684. The second-order valence-corrected chi connectivity index (χ2v) is 4.46. The normalized spacial score (nSPS) is 12.0. The van der Waals surface area contributed by atoms with E-state index in [0.717, 1.165) is 22.5 Å². The molecule has 0 saturated heterocycles. The van der Waals surface area contributed by atoms with Gasteiger partial charge in [-0.25, -0.2) is 0 Å². The molecule has 86 valence electrons. The quantitative estimate of drug-likeness (QED) is 0.666. The molecule has 3 rings (SSSR count). The van der Waals surface area contributed by atoms with Crippen molar-refractivity contribution in [2.24, 2.45) is 0 Å². The van der Waals surface area contributed by atoms with E-state index in [-0.39, 0.29) is 0 Å². The summed E-state index contributed by atoms with van der Waals surface area (Å²) in [5, 5.41) is 17.9. The molecule has 2 radical (unpaired) electrons. The van der Waals surface area contributed by atoms with Gasteiger partial charge in [0.25, 0.3) is 0 Å². The second kappa shape index (κ2) is 4.19. The van der Waals surface area contributed by atoms with Crippen LogP contribution in [-0.2, 0) is 6.42 Å². The molecule has 0 unspecified atom stereocenters. The van der Waals surface area contributed by atoms with E-state index in [2.05, 4.69) is 12.1 Å².